The number of benzene rings is 2. The van der Waals surface area contributed by atoms with E-state index in [1.165, 1.54) is 5.69 Å². The number of piperazine rings is 1. The minimum Gasteiger partial charge on any atom is -0.369 e. The summed E-state index contributed by atoms with van der Waals surface area (Å²) >= 11 is 5.99. The van der Waals surface area contributed by atoms with Crippen LogP contribution in [-0.4, -0.2) is 41.5 Å². The van der Waals surface area contributed by atoms with E-state index in [-0.39, 0.29) is 0 Å². The third-order valence-corrected chi connectivity index (χ3v) is 4.41. The number of fused-ring (bicyclic) bond motifs is 1. The van der Waals surface area contributed by atoms with Crippen LogP contribution in [0.25, 0.3) is 11.0 Å². The van der Waals surface area contributed by atoms with Gasteiger partial charge in [-0.25, -0.2) is 4.98 Å². The van der Waals surface area contributed by atoms with Gasteiger partial charge < -0.3 is 15.5 Å². The molecule has 1 fully saturated rings. The normalized spacial score (nSPS) is 14.7. The van der Waals surface area contributed by atoms with Crippen molar-refractivity contribution < 1.29 is 10.1 Å². The molecule has 4 rings (SSSR count). The number of hydrogen-bond acceptors (Lipinski definition) is 6. The Kier molecular flexibility index (Phi) is 4.25. The van der Waals surface area contributed by atoms with Crippen LogP contribution < -0.4 is 20.4 Å². The standard InChI is InChI=1S/C17H18ClN6O/c18-12-1-6-16-15(11-12)21-17(22-24(16)25)20-13-2-4-14(5-3-13)23-9-7-19-8-10-23/h1-6,11,19H,7-10H2,(H2,20,21,22,25)/q+1. The summed E-state index contributed by atoms with van der Waals surface area (Å²) in [4.78, 5) is 7.54. The molecular formula is C17H18ClN6O+. The van der Waals surface area contributed by atoms with Crippen molar-refractivity contribution in [2.75, 3.05) is 36.4 Å². The lowest BCUT2D eigenvalue weighted by molar-refractivity contribution is -0.928. The number of hydrogen-bond donors (Lipinski definition) is 3. The predicted molar refractivity (Wildman–Crippen MR) is 96.7 cm³/mol. The lowest BCUT2D eigenvalue weighted by atomic mass is 10.2. The van der Waals surface area contributed by atoms with Crippen LogP contribution in [0.5, 0.6) is 0 Å². The number of nitrogens with zero attached hydrogens (tertiary/aromatic N) is 4. The van der Waals surface area contributed by atoms with Crippen molar-refractivity contribution in [3.05, 3.63) is 47.5 Å². The van der Waals surface area contributed by atoms with Crippen molar-refractivity contribution in [3.8, 4) is 0 Å². The Morgan fingerprint density at radius 1 is 1.12 bits per heavy atom. The van der Waals surface area contributed by atoms with Crippen LogP contribution in [0.3, 0.4) is 0 Å². The third kappa shape index (κ3) is 3.42. The van der Waals surface area contributed by atoms with E-state index in [1.807, 2.05) is 12.1 Å². The quantitative estimate of drug-likeness (QED) is 0.491. The molecule has 0 spiro atoms. The van der Waals surface area contributed by atoms with E-state index in [0.717, 1.165) is 36.7 Å². The monoisotopic (exact) mass is 357 g/mol. The Balaban J connectivity index is 1.56. The minimum absolute atomic E-state index is 0.298. The molecule has 2 aromatic carbocycles. The highest BCUT2D eigenvalue weighted by atomic mass is 35.5. The molecule has 3 aromatic rings. The van der Waals surface area contributed by atoms with Crippen LogP contribution in [0.15, 0.2) is 42.5 Å². The topological polar surface area (TPSA) is 77.2 Å². The molecule has 7 nitrogen and oxygen atoms in total. The zero-order chi connectivity index (χ0) is 17.2. The fourth-order valence-electron chi connectivity index (χ4n) is 2.90. The molecule has 1 aliphatic rings. The first-order valence-corrected chi connectivity index (χ1v) is 8.48. The average molecular weight is 358 g/mol. The van der Waals surface area contributed by atoms with Gasteiger partial charge in [-0.2, -0.15) is 0 Å². The maximum Gasteiger partial charge on any atom is 0.315 e. The number of aromatic nitrogens is 3. The van der Waals surface area contributed by atoms with E-state index in [1.54, 1.807) is 18.2 Å². The molecule has 0 amide bonds. The molecule has 0 aliphatic carbocycles. The molecule has 25 heavy (non-hydrogen) atoms. The maximum absolute atomic E-state index is 10.0. The van der Waals surface area contributed by atoms with Gasteiger partial charge >= 0.3 is 5.52 Å². The Morgan fingerprint density at radius 2 is 1.88 bits per heavy atom. The second-order valence-electron chi connectivity index (χ2n) is 5.87. The highest BCUT2D eigenvalue weighted by Crippen LogP contribution is 2.21. The van der Waals surface area contributed by atoms with Crippen molar-refractivity contribution in [3.63, 3.8) is 0 Å². The molecule has 3 N–H and O–H groups in total. The first-order valence-electron chi connectivity index (χ1n) is 8.11. The molecule has 128 valence electrons. The molecule has 1 aromatic heterocycles. The van der Waals surface area contributed by atoms with Gasteiger partial charge in [0.25, 0.3) is 5.95 Å². The third-order valence-electron chi connectivity index (χ3n) is 4.17. The van der Waals surface area contributed by atoms with Crippen molar-refractivity contribution in [2.24, 2.45) is 0 Å². The van der Waals surface area contributed by atoms with Crippen LogP contribution in [0, 0.1) is 0 Å². The molecular weight excluding hydrogens is 340 g/mol. The lowest BCUT2D eigenvalue weighted by Crippen LogP contribution is -2.43. The highest BCUT2D eigenvalue weighted by Gasteiger charge is 2.16. The average Bonchev–Trinajstić information content (AvgIpc) is 2.63. The zero-order valence-electron chi connectivity index (χ0n) is 13.5. The van der Waals surface area contributed by atoms with E-state index >= 15 is 0 Å². The smallest absolute Gasteiger partial charge is 0.315 e. The van der Waals surface area contributed by atoms with Crippen LogP contribution in [-0.2, 0) is 0 Å². The van der Waals surface area contributed by atoms with Crippen molar-refractivity contribution in [2.45, 2.75) is 0 Å². The summed E-state index contributed by atoms with van der Waals surface area (Å²) in [5, 5.41) is 21.0. The van der Waals surface area contributed by atoms with E-state index < -0.39 is 0 Å². The Morgan fingerprint density at radius 3 is 2.64 bits per heavy atom. The molecule has 0 bridgehead atoms. The van der Waals surface area contributed by atoms with Gasteiger partial charge in [-0.05, 0) is 36.4 Å². The Labute approximate surface area is 149 Å². The first kappa shape index (κ1) is 15.9. The summed E-state index contributed by atoms with van der Waals surface area (Å²) in [7, 11) is 0. The molecule has 0 saturated carbocycles. The SMILES string of the molecule is O[n+]1nc(Nc2ccc(N3CCNCC3)cc2)nc2cc(Cl)ccc21. The lowest BCUT2D eigenvalue weighted by Gasteiger charge is -2.29. The molecule has 8 heteroatoms. The molecule has 0 unspecified atom stereocenters. The molecule has 1 saturated heterocycles. The van der Waals surface area contributed by atoms with E-state index in [2.05, 4.69) is 37.7 Å². The van der Waals surface area contributed by atoms with Gasteiger partial charge in [0.15, 0.2) is 0 Å². The van der Waals surface area contributed by atoms with Crippen molar-refractivity contribution in [1.29, 1.82) is 0 Å². The van der Waals surface area contributed by atoms with Crippen LogP contribution in [0.4, 0.5) is 17.3 Å². The summed E-state index contributed by atoms with van der Waals surface area (Å²) in [6.07, 6.45) is 0. The second-order valence-corrected chi connectivity index (χ2v) is 6.30. The Hall–Kier alpha value is -2.64. The van der Waals surface area contributed by atoms with Gasteiger partial charge in [-0.3, -0.25) is 5.21 Å². The number of anilines is 3. The van der Waals surface area contributed by atoms with Gasteiger partial charge in [0, 0.05) is 48.6 Å². The first-order chi connectivity index (χ1) is 12.2. The molecule has 0 radical (unpaired) electrons. The van der Waals surface area contributed by atoms with Crippen molar-refractivity contribution in [1.82, 2.24) is 15.4 Å². The zero-order valence-corrected chi connectivity index (χ0v) is 14.2. The van der Waals surface area contributed by atoms with E-state index in [9.17, 15) is 5.21 Å². The highest BCUT2D eigenvalue weighted by molar-refractivity contribution is 6.31. The molecule has 2 heterocycles. The number of rotatable bonds is 3. The summed E-state index contributed by atoms with van der Waals surface area (Å²) in [6.45, 7) is 4.02. The number of nitrogens with one attached hydrogen (secondary N) is 2. The largest absolute Gasteiger partial charge is 0.369 e. The maximum atomic E-state index is 10.0. The number of halogens is 1. The van der Waals surface area contributed by atoms with Gasteiger partial charge in [-0.15, -0.1) is 0 Å². The summed E-state index contributed by atoms with van der Waals surface area (Å²) in [5.41, 5.74) is 3.09. The van der Waals surface area contributed by atoms with Crippen LogP contribution >= 0.6 is 11.6 Å². The molecule has 0 atom stereocenters. The predicted octanol–water partition coefficient (Wildman–Crippen LogP) is 1.96. The Bertz CT molecular complexity index is 896. The minimum atomic E-state index is 0.298. The van der Waals surface area contributed by atoms with Crippen LogP contribution in [0.2, 0.25) is 5.02 Å². The van der Waals surface area contributed by atoms with Crippen LogP contribution in [0.1, 0.15) is 0 Å². The summed E-state index contributed by atoms with van der Waals surface area (Å²) in [5.74, 6) is 0.298. The van der Waals surface area contributed by atoms with Crippen molar-refractivity contribution >= 4 is 40.0 Å². The summed E-state index contributed by atoms with van der Waals surface area (Å²) < 4.78 is 0. The molecule has 1 aliphatic heterocycles. The van der Waals surface area contributed by atoms with Gasteiger partial charge in [0.1, 0.15) is 10.4 Å². The fraction of sp³-hybridized carbons (Fsp3) is 0.235. The van der Waals surface area contributed by atoms with Gasteiger partial charge in [0.2, 0.25) is 0 Å². The second kappa shape index (κ2) is 6.70. The van der Waals surface area contributed by atoms with Gasteiger partial charge in [-0.1, -0.05) is 11.6 Å². The summed E-state index contributed by atoms with van der Waals surface area (Å²) in [6, 6.07) is 13.1. The van der Waals surface area contributed by atoms with Gasteiger partial charge in [0.05, 0.1) is 5.10 Å². The fourth-order valence-corrected chi connectivity index (χ4v) is 3.06. The van der Waals surface area contributed by atoms with E-state index in [0.29, 0.717) is 22.0 Å². The van der Waals surface area contributed by atoms with E-state index in [4.69, 9.17) is 11.6 Å².